The zero-order valence-electron chi connectivity index (χ0n) is 14.0. The fraction of sp³-hybridized carbons (Fsp3) is 0.368. The van der Waals surface area contributed by atoms with Crippen LogP contribution < -0.4 is 0 Å². The van der Waals surface area contributed by atoms with Crippen LogP contribution in [0, 0.1) is 0 Å². The van der Waals surface area contributed by atoms with E-state index in [0.717, 1.165) is 36.7 Å². The number of thiophene rings is 1. The lowest BCUT2D eigenvalue weighted by Crippen LogP contribution is -2.37. The Hall–Kier alpha value is -1.63. The molecule has 25 heavy (non-hydrogen) atoms. The lowest BCUT2D eigenvalue weighted by molar-refractivity contribution is 0.215. The fourth-order valence-electron chi connectivity index (χ4n) is 3.18. The third-order valence-electron chi connectivity index (χ3n) is 4.47. The summed E-state index contributed by atoms with van der Waals surface area (Å²) in [5, 5.41) is 6.13. The molecule has 0 amide bonds. The Morgan fingerprint density at radius 2 is 2.08 bits per heavy atom. The minimum Gasteiger partial charge on any atom is -0.339 e. The highest BCUT2D eigenvalue weighted by atomic mass is 32.2. The molecule has 0 aliphatic carbocycles. The summed E-state index contributed by atoms with van der Waals surface area (Å²) in [6.07, 6.45) is 1.88. The van der Waals surface area contributed by atoms with E-state index in [1.54, 1.807) is 11.3 Å². The summed E-state index contributed by atoms with van der Waals surface area (Å²) in [6.45, 7) is 2.21. The van der Waals surface area contributed by atoms with Crippen LogP contribution in [0.3, 0.4) is 0 Å². The Labute approximate surface area is 156 Å². The van der Waals surface area contributed by atoms with Gasteiger partial charge in [-0.1, -0.05) is 41.6 Å². The van der Waals surface area contributed by atoms with Crippen LogP contribution in [0.5, 0.6) is 0 Å². The number of rotatable bonds is 6. The van der Waals surface area contributed by atoms with Gasteiger partial charge in [-0.15, -0.1) is 11.3 Å². The molecule has 0 saturated carbocycles. The highest BCUT2D eigenvalue weighted by Gasteiger charge is 2.23. The van der Waals surface area contributed by atoms with E-state index in [1.807, 2.05) is 17.5 Å². The van der Waals surface area contributed by atoms with Crippen LogP contribution in [0.2, 0.25) is 0 Å². The summed E-state index contributed by atoms with van der Waals surface area (Å²) in [5.74, 6) is 3.84. The van der Waals surface area contributed by atoms with E-state index >= 15 is 0 Å². The molecule has 3 heterocycles. The Kier molecular flexibility index (Phi) is 5.49. The molecule has 0 spiro atoms. The van der Waals surface area contributed by atoms with Crippen molar-refractivity contribution in [2.24, 2.45) is 0 Å². The minimum absolute atomic E-state index is 0.518. The number of thioether (sulfide) groups is 1. The largest absolute Gasteiger partial charge is 0.339 e. The van der Waals surface area contributed by atoms with Crippen molar-refractivity contribution in [2.45, 2.75) is 18.9 Å². The van der Waals surface area contributed by atoms with Gasteiger partial charge in [0.25, 0.3) is 0 Å². The molecule has 130 valence electrons. The molecule has 4 rings (SSSR count). The molecule has 4 nitrogen and oxygen atoms in total. The van der Waals surface area contributed by atoms with Gasteiger partial charge < -0.3 is 4.52 Å². The van der Waals surface area contributed by atoms with E-state index < -0.39 is 0 Å². The zero-order valence-corrected chi connectivity index (χ0v) is 15.6. The number of aromatic nitrogens is 2. The zero-order chi connectivity index (χ0) is 16.9. The summed E-state index contributed by atoms with van der Waals surface area (Å²) in [5.41, 5.74) is 1.42. The molecule has 0 bridgehead atoms. The Morgan fingerprint density at radius 1 is 1.16 bits per heavy atom. The van der Waals surface area contributed by atoms with E-state index in [2.05, 4.69) is 57.1 Å². The summed E-state index contributed by atoms with van der Waals surface area (Å²) in [4.78, 5) is 8.18. The molecular weight excluding hydrogens is 350 g/mol. The lowest BCUT2D eigenvalue weighted by Gasteiger charge is -2.35. The van der Waals surface area contributed by atoms with Crippen LogP contribution in [-0.4, -0.2) is 39.6 Å². The van der Waals surface area contributed by atoms with Gasteiger partial charge in [-0.2, -0.15) is 16.7 Å². The maximum absolute atomic E-state index is 5.41. The second-order valence-electron chi connectivity index (χ2n) is 6.13. The third kappa shape index (κ3) is 4.14. The molecule has 0 N–H and O–H groups in total. The van der Waals surface area contributed by atoms with Crippen molar-refractivity contribution in [2.75, 3.05) is 24.6 Å². The molecule has 1 aliphatic heterocycles. The Bertz CT molecular complexity index is 773. The van der Waals surface area contributed by atoms with Crippen molar-refractivity contribution in [3.05, 3.63) is 59.3 Å². The fourth-order valence-corrected chi connectivity index (χ4v) is 4.99. The maximum atomic E-state index is 5.41. The molecule has 1 atom stereocenters. The first-order valence-corrected chi connectivity index (χ1v) is 10.7. The molecular formula is C19H21N3OS2. The average molecular weight is 372 g/mol. The molecule has 1 fully saturated rings. The molecule has 6 heteroatoms. The van der Waals surface area contributed by atoms with Crippen molar-refractivity contribution < 1.29 is 4.52 Å². The number of hydrogen-bond donors (Lipinski definition) is 0. The molecule has 1 aromatic carbocycles. The number of benzene rings is 1. The van der Waals surface area contributed by atoms with Crippen LogP contribution >= 0.6 is 23.1 Å². The van der Waals surface area contributed by atoms with Gasteiger partial charge in [-0.25, -0.2) is 0 Å². The van der Waals surface area contributed by atoms with E-state index in [4.69, 9.17) is 4.52 Å². The second-order valence-corrected chi connectivity index (χ2v) is 8.23. The molecule has 1 aliphatic rings. The van der Waals surface area contributed by atoms with Crippen LogP contribution in [0.1, 0.15) is 23.9 Å². The van der Waals surface area contributed by atoms with Crippen LogP contribution in [0.25, 0.3) is 10.7 Å². The Morgan fingerprint density at radius 3 is 2.92 bits per heavy atom. The third-order valence-corrected chi connectivity index (χ3v) is 6.36. The first kappa shape index (κ1) is 16.8. The van der Waals surface area contributed by atoms with Gasteiger partial charge in [0.1, 0.15) is 0 Å². The Balaban J connectivity index is 1.34. The number of aryl methyl sites for hydroxylation is 1. The molecule has 1 saturated heterocycles. The smallest absolute Gasteiger partial charge is 0.227 e. The van der Waals surface area contributed by atoms with Gasteiger partial charge in [0, 0.05) is 30.5 Å². The highest BCUT2D eigenvalue weighted by Crippen LogP contribution is 2.29. The predicted molar refractivity (Wildman–Crippen MR) is 104 cm³/mol. The maximum Gasteiger partial charge on any atom is 0.227 e. The first-order chi connectivity index (χ1) is 12.4. The summed E-state index contributed by atoms with van der Waals surface area (Å²) in [6, 6.07) is 15.4. The quantitative estimate of drug-likeness (QED) is 0.637. The SMILES string of the molecule is c1ccc(C2CSCCN2CCCc2nc(-c3cccs3)no2)cc1. The highest BCUT2D eigenvalue weighted by molar-refractivity contribution is 7.99. The van der Waals surface area contributed by atoms with Crippen molar-refractivity contribution in [1.29, 1.82) is 0 Å². The van der Waals surface area contributed by atoms with Crippen LogP contribution in [0.15, 0.2) is 52.4 Å². The van der Waals surface area contributed by atoms with Crippen molar-refractivity contribution in [1.82, 2.24) is 15.0 Å². The van der Waals surface area contributed by atoms with Gasteiger partial charge in [-0.05, 0) is 30.0 Å². The number of hydrogen-bond acceptors (Lipinski definition) is 6. The first-order valence-electron chi connectivity index (χ1n) is 8.63. The molecule has 0 radical (unpaired) electrons. The lowest BCUT2D eigenvalue weighted by atomic mass is 10.1. The summed E-state index contributed by atoms with van der Waals surface area (Å²) in [7, 11) is 0. The normalized spacial score (nSPS) is 18.5. The topological polar surface area (TPSA) is 42.2 Å². The average Bonchev–Trinajstić information content (AvgIpc) is 3.35. The van der Waals surface area contributed by atoms with Gasteiger partial charge in [0.05, 0.1) is 4.88 Å². The van der Waals surface area contributed by atoms with Gasteiger partial charge >= 0.3 is 0 Å². The molecule has 2 aromatic heterocycles. The van der Waals surface area contributed by atoms with Gasteiger partial charge in [-0.3, -0.25) is 4.90 Å². The monoisotopic (exact) mass is 371 g/mol. The van der Waals surface area contributed by atoms with E-state index in [9.17, 15) is 0 Å². The summed E-state index contributed by atoms with van der Waals surface area (Å²) >= 11 is 3.69. The van der Waals surface area contributed by atoms with E-state index in [-0.39, 0.29) is 0 Å². The van der Waals surface area contributed by atoms with E-state index in [0.29, 0.717) is 11.9 Å². The van der Waals surface area contributed by atoms with Crippen LogP contribution in [-0.2, 0) is 6.42 Å². The predicted octanol–water partition coefficient (Wildman–Crippen LogP) is 4.52. The second kappa shape index (κ2) is 8.17. The van der Waals surface area contributed by atoms with Crippen molar-refractivity contribution in [3.8, 4) is 10.7 Å². The summed E-state index contributed by atoms with van der Waals surface area (Å²) < 4.78 is 5.41. The van der Waals surface area contributed by atoms with Gasteiger partial charge in [0.2, 0.25) is 11.7 Å². The standard InChI is InChI=1S/C19H21N3OS2/c1-2-6-15(7-3-1)16-14-24-13-11-22(16)10-4-9-18-20-19(21-23-18)17-8-5-12-25-17/h1-3,5-8,12,16H,4,9-11,13-14H2. The molecule has 3 aromatic rings. The van der Waals surface area contributed by atoms with Gasteiger partial charge in [0.15, 0.2) is 0 Å². The van der Waals surface area contributed by atoms with E-state index in [1.165, 1.54) is 17.1 Å². The molecule has 1 unspecified atom stereocenters. The number of nitrogens with zero attached hydrogens (tertiary/aromatic N) is 3. The van der Waals surface area contributed by atoms with Crippen molar-refractivity contribution in [3.63, 3.8) is 0 Å². The van der Waals surface area contributed by atoms with Crippen LogP contribution in [0.4, 0.5) is 0 Å². The minimum atomic E-state index is 0.518. The van der Waals surface area contributed by atoms with Crippen molar-refractivity contribution >= 4 is 23.1 Å².